The molecule has 0 saturated carbocycles. The maximum Gasteiger partial charge on any atom is 0.228 e. The Labute approximate surface area is 134 Å². The van der Waals surface area contributed by atoms with Crippen LogP contribution in [0.1, 0.15) is 18.2 Å². The van der Waals surface area contributed by atoms with Gasteiger partial charge in [0.05, 0.1) is 12.1 Å². The van der Waals surface area contributed by atoms with E-state index in [9.17, 15) is 4.79 Å². The van der Waals surface area contributed by atoms with Crippen molar-refractivity contribution in [3.63, 3.8) is 0 Å². The average Bonchev–Trinajstić information content (AvgIpc) is 3.10. The number of imidazole rings is 1. The molecule has 0 saturated heterocycles. The van der Waals surface area contributed by atoms with E-state index in [2.05, 4.69) is 17.1 Å². The van der Waals surface area contributed by atoms with Gasteiger partial charge in [-0.25, -0.2) is 4.98 Å². The molecular formula is C17H19N3OS. The van der Waals surface area contributed by atoms with Gasteiger partial charge in [0, 0.05) is 30.9 Å². The summed E-state index contributed by atoms with van der Waals surface area (Å²) in [4.78, 5) is 19.8. The van der Waals surface area contributed by atoms with Crippen LogP contribution in [-0.4, -0.2) is 33.3 Å². The Morgan fingerprint density at radius 3 is 2.86 bits per heavy atom. The molecule has 0 aliphatic carbocycles. The van der Waals surface area contributed by atoms with Gasteiger partial charge in [-0.1, -0.05) is 30.3 Å². The van der Waals surface area contributed by atoms with Crippen molar-refractivity contribution in [1.82, 2.24) is 14.3 Å². The normalized spacial score (nSPS) is 11.0. The number of thiazole rings is 1. The fourth-order valence-electron chi connectivity index (χ4n) is 2.50. The van der Waals surface area contributed by atoms with Crippen LogP contribution in [0.25, 0.3) is 4.96 Å². The van der Waals surface area contributed by atoms with Crippen molar-refractivity contribution >= 4 is 22.2 Å². The van der Waals surface area contributed by atoms with Gasteiger partial charge in [0.1, 0.15) is 0 Å². The molecule has 0 atom stereocenters. The molecule has 0 bridgehead atoms. The van der Waals surface area contributed by atoms with E-state index in [1.807, 2.05) is 52.2 Å². The van der Waals surface area contributed by atoms with Crippen LogP contribution in [0, 0.1) is 0 Å². The molecule has 22 heavy (non-hydrogen) atoms. The number of hydrogen-bond donors (Lipinski definition) is 0. The standard InChI is InChI=1S/C17H19N3OS/c1-2-19(9-8-14-6-4-3-5-7-14)16(21)12-15-13-20-10-11-22-17(20)18-15/h3-7,10-11,13H,2,8-9,12H2,1H3. The molecule has 2 heterocycles. The topological polar surface area (TPSA) is 37.6 Å². The van der Waals surface area contributed by atoms with Gasteiger partial charge in [-0.2, -0.15) is 0 Å². The van der Waals surface area contributed by atoms with Crippen molar-refractivity contribution in [3.8, 4) is 0 Å². The molecule has 0 aliphatic heterocycles. The fourth-order valence-corrected chi connectivity index (χ4v) is 3.21. The first-order chi connectivity index (χ1) is 10.8. The predicted molar refractivity (Wildman–Crippen MR) is 89.2 cm³/mol. The second-order valence-corrected chi connectivity index (χ2v) is 6.08. The molecule has 0 radical (unpaired) electrons. The zero-order chi connectivity index (χ0) is 15.4. The lowest BCUT2D eigenvalue weighted by atomic mass is 10.1. The summed E-state index contributed by atoms with van der Waals surface area (Å²) < 4.78 is 1.97. The number of hydrogen-bond acceptors (Lipinski definition) is 3. The Morgan fingerprint density at radius 2 is 2.14 bits per heavy atom. The van der Waals surface area contributed by atoms with Gasteiger partial charge in [0.15, 0.2) is 4.96 Å². The number of aromatic nitrogens is 2. The Bertz CT molecular complexity index is 719. The second kappa shape index (κ2) is 6.75. The number of carbonyl (C=O) groups excluding carboxylic acids is 1. The van der Waals surface area contributed by atoms with E-state index in [4.69, 9.17) is 0 Å². The summed E-state index contributed by atoms with van der Waals surface area (Å²) in [6, 6.07) is 10.3. The molecule has 0 fully saturated rings. The minimum Gasteiger partial charge on any atom is -0.342 e. The summed E-state index contributed by atoms with van der Waals surface area (Å²) in [5.74, 6) is 0.143. The van der Waals surface area contributed by atoms with Gasteiger partial charge in [-0.05, 0) is 18.9 Å². The summed E-state index contributed by atoms with van der Waals surface area (Å²) in [7, 11) is 0. The Morgan fingerprint density at radius 1 is 1.32 bits per heavy atom. The minimum atomic E-state index is 0.143. The highest BCUT2D eigenvalue weighted by atomic mass is 32.1. The number of fused-ring (bicyclic) bond motifs is 1. The third-order valence-corrected chi connectivity index (χ3v) is 4.49. The Balaban J connectivity index is 1.60. The van der Waals surface area contributed by atoms with Crippen molar-refractivity contribution in [2.24, 2.45) is 0 Å². The van der Waals surface area contributed by atoms with Crippen molar-refractivity contribution in [2.45, 2.75) is 19.8 Å². The first-order valence-corrected chi connectivity index (χ1v) is 8.37. The summed E-state index contributed by atoms with van der Waals surface area (Å²) >= 11 is 1.58. The van der Waals surface area contributed by atoms with Crippen LogP contribution in [0.4, 0.5) is 0 Å². The number of rotatable bonds is 6. The molecular weight excluding hydrogens is 294 g/mol. The van der Waals surface area contributed by atoms with E-state index >= 15 is 0 Å². The summed E-state index contributed by atoms with van der Waals surface area (Å²) in [6.45, 7) is 3.50. The number of amides is 1. The monoisotopic (exact) mass is 313 g/mol. The van der Waals surface area contributed by atoms with E-state index in [1.54, 1.807) is 11.3 Å². The van der Waals surface area contributed by atoms with Gasteiger partial charge in [0.25, 0.3) is 0 Å². The molecule has 0 unspecified atom stereocenters. The van der Waals surface area contributed by atoms with Crippen LogP contribution in [-0.2, 0) is 17.6 Å². The number of benzene rings is 1. The molecule has 114 valence electrons. The Kier molecular flexibility index (Phi) is 4.53. The van der Waals surface area contributed by atoms with Crippen molar-refractivity contribution in [2.75, 3.05) is 13.1 Å². The molecule has 0 N–H and O–H groups in total. The maximum atomic E-state index is 12.4. The first kappa shape index (κ1) is 14.8. The molecule has 1 aromatic carbocycles. The third kappa shape index (κ3) is 3.36. The van der Waals surface area contributed by atoms with E-state index in [1.165, 1.54) is 5.56 Å². The lowest BCUT2D eigenvalue weighted by molar-refractivity contribution is -0.130. The summed E-state index contributed by atoms with van der Waals surface area (Å²) in [6.07, 6.45) is 5.17. The summed E-state index contributed by atoms with van der Waals surface area (Å²) in [5.41, 5.74) is 2.10. The SMILES string of the molecule is CCN(CCc1ccccc1)C(=O)Cc1cn2ccsc2n1. The highest BCUT2D eigenvalue weighted by Gasteiger charge is 2.14. The van der Waals surface area contributed by atoms with Crippen molar-refractivity contribution in [3.05, 3.63) is 59.4 Å². The predicted octanol–water partition coefficient (Wildman–Crippen LogP) is 3.03. The molecule has 0 spiro atoms. The summed E-state index contributed by atoms with van der Waals surface area (Å²) in [5, 5.41) is 1.99. The highest BCUT2D eigenvalue weighted by Crippen LogP contribution is 2.12. The molecule has 4 nitrogen and oxygen atoms in total. The van der Waals surface area contributed by atoms with E-state index < -0.39 is 0 Å². The van der Waals surface area contributed by atoms with E-state index in [0.29, 0.717) is 6.42 Å². The number of likely N-dealkylation sites (N-methyl/N-ethyl adjacent to an activating group) is 1. The molecule has 1 amide bonds. The van der Waals surface area contributed by atoms with Gasteiger partial charge in [-0.3, -0.25) is 9.20 Å². The van der Waals surface area contributed by atoms with Crippen LogP contribution in [0.3, 0.4) is 0 Å². The fraction of sp³-hybridized carbons (Fsp3) is 0.294. The number of carbonyl (C=O) groups is 1. The maximum absolute atomic E-state index is 12.4. The molecule has 5 heteroatoms. The van der Waals surface area contributed by atoms with Gasteiger partial charge in [-0.15, -0.1) is 11.3 Å². The van der Waals surface area contributed by atoms with Gasteiger partial charge in [0.2, 0.25) is 5.91 Å². The zero-order valence-corrected chi connectivity index (χ0v) is 13.4. The van der Waals surface area contributed by atoms with Crippen LogP contribution >= 0.6 is 11.3 Å². The largest absolute Gasteiger partial charge is 0.342 e. The zero-order valence-electron chi connectivity index (χ0n) is 12.6. The van der Waals surface area contributed by atoms with Crippen LogP contribution in [0.5, 0.6) is 0 Å². The van der Waals surface area contributed by atoms with E-state index in [-0.39, 0.29) is 5.91 Å². The molecule has 2 aromatic heterocycles. The van der Waals surface area contributed by atoms with Crippen LogP contribution < -0.4 is 0 Å². The molecule has 3 aromatic rings. The minimum absolute atomic E-state index is 0.143. The molecule has 3 rings (SSSR count). The molecule has 0 aliphatic rings. The van der Waals surface area contributed by atoms with E-state index in [0.717, 1.165) is 30.2 Å². The lowest BCUT2D eigenvalue weighted by Crippen LogP contribution is -2.34. The lowest BCUT2D eigenvalue weighted by Gasteiger charge is -2.20. The Hall–Kier alpha value is -2.14. The quantitative estimate of drug-likeness (QED) is 0.701. The second-order valence-electron chi connectivity index (χ2n) is 5.21. The van der Waals surface area contributed by atoms with Crippen molar-refractivity contribution < 1.29 is 4.79 Å². The van der Waals surface area contributed by atoms with Gasteiger partial charge < -0.3 is 4.90 Å². The highest BCUT2D eigenvalue weighted by molar-refractivity contribution is 7.15. The first-order valence-electron chi connectivity index (χ1n) is 7.49. The van der Waals surface area contributed by atoms with Crippen LogP contribution in [0.15, 0.2) is 48.1 Å². The van der Waals surface area contributed by atoms with Crippen LogP contribution in [0.2, 0.25) is 0 Å². The average molecular weight is 313 g/mol. The third-order valence-electron chi connectivity index (χ3n) is 3.72. The van der Waals surface area contributed by atoms with Gasteiger partial charge >= 0.3 is 0 Å². The smallest absolute Gasteiger partial charge is 0.228 e. The number of nitrogens with zero attached hydrogens (tertiary/aromatic N) is 3. The van der Waals surface area contributed by atoms with Crippen molar-refractivity contribution in [1.29, 1.82) is 0 Å².